The number of nitro groups is 2. The maximum absolute atomic E-state index is 13.5. The fourth-order valence-electron chi connectivity index (χ4n) is 4.21. The largest absolute Gasteiger partial charge is 0.493 e. The number of rotatable bonds is 8. The van der Waals surface area contributed by atoms with E-state index < -0.39 is 15.9 Å². The number of benzene rings is 3. The summed E-state index contributed by atoms with van der Waals surface area (Å²) >= 11 is 0. The molecule has 1 amide bonds. The molecule has 1 heterocycles. The summed E-state index contributed by atoms with van der Waals surface area (Å²) < 4.78 is 16.8. The van der Waals surface area contributed by atoms with Gasteiger partial charge in [-0.25, -0.2) is 0 Å². The predicted octanol–water partition coefficient (Wildman–Crippen LogP) is 4.34. The predicted molar refractivity (Wildman–Crippen MR) is 129 cm³/mol. The van der Waals surface area contributed by atoms with Crippen LogP contribution in [-0.4, -0.2) is 48.0 Å². The van der Waals surface area contributed by atoms with Crippen LogP contribution in [0.2, 0.25) is 0 Å². The Labute approximate surface area is 206 Å². The fraction of sp³-hybridized carbons (Fsp3) is 0.240. The third-order valence-corrected chi connectivity index (χ3v) is 6.02. The van der Waals surface area contributed by atoms with Crippen molar-refractivity contribution in [2.75, 3.05) is 27.4 Å². The van der Waals surface area contributed by atoms with E-state index in [0.29, 0.717) is 30.2 Å². The molecule has 4 rings (SSSR count). The second kappa shape index (κ2) is 10.3. The van der Waals surface area contributed by atoms with Crippen LogP contribution in [0.5, 0.6) is 17.2 Å². The first-order chi connectivity index (χ1) is 17.3. The lowest BCUT2D eigenvalue weighted by atomic mass is 9.91. The number of amides is 1. The smallest absolute Gasteiger partial charge is 0.270 e. The summed E-state index contributed by atoms with van der Waals surface area (Å²) in [6, 6.07) is 14.3. The number of methoxy groups -OCH3 is 2. The van der Waals surface area contributed by atoms with E-state index in [1.807, 2.05) is 6.07 Å². The summed E-state index contributed by atoms with van der Waals surface area (Å²) in [5, 5.41) is 22.2. The highest BCUT2D eigenvalue weighted by molar-refractivity contribution is 5.95. The summed E-state index contributed by atoms with van der Waals surface area (Å²) in [4.78, 5) is 36.3. The lowest BCUT2D eigenvalue weighted by molar-refractivity contribution is -0.385. The average molecular weight is 493 g/mol. The van der Waals surface area contributed by atoms with Crippen molar-refractivity contribution >= 4 is 17.3 Å². The quantitative estimate of drug-likeness (QED) is 0.334. The fourth-order valence-corrected chi connectivity index (χ4v) is 4.21. The maximum Gasteiger partial charge on any atom is 0.270 e. The molecular formula is C25H23N3O8. The first kappa shape index (κ1) is 24.5. The molecule has 0 N–H and O–H groups in total. The number of nitrogens with zero attached hydrogens (tertiary/aromatic N) is 3. The van der Waals surface area contributed by atoms with Crippen molar-refractivity contribution in [3.63, 3.8) is 0 Å². The SMILES string of the molecule is COc1cc2c(cc1OC)[C@H](COc1ccc([N+](=O)[O-])cc1)N(C(=O)c1cccc([N+](=O)[O-])c1)CC2. The number of ether oxygens (including phenoxy) is 3. The number of carbonyl (C=O) groups excluding carboxylic acids is 1. The molecule has 0 fully saturated rings. The molecule has 0 bridgehead atoms. The van der Waals surface area contributed by atoms with Gasteiger partial charge in [-0.3, -0.25) is 25.0 Å². The molecule has 0 saturated heterocycles. The van der Waals surface area contributed by atoms with Crippen molar-refractivity contribution in [2.24, 2.45) is 0 Å². The Morgan fingerprint density at radius 3 is 2.25 bits per heavy atom. The normalized spacial score (nSPS) is 14.5. The number of hydrogen-bond donors (Lipinski definition) is 0. The average Bonchev–Trinajstić information content (AvgIpc) is 2.90. The standard InChI is InChI=1S/C25H23N3O8/c1-34-23-13-16-10-11-26(25(29)17-4-3-5-19(12-17)28(32)33)22(21(16)14-24(23)35-2)15-36-20-8-6-18(7-9-20)27(30)31/h3-9,12-14,22H,10-11,15H2,1-2H3/t22-/m0/s1. The minimum absolute atomic E-state index is 0.0426. The monoisotopic (exact) mass is 493 g/mol. The molecule has 3 aromatic rings. The van der Waals surface area contributed by atoms with Gasteiger partial charge in [0.15, 0.2) is 11.5 Å². The number of nitro benzene ring substituents is 2. The molecule has 0 unspecified atom stereocenters. The van der Waals surface area contributed by atoms with Crippen LogP contribution in [-0.2, 0) is 6.42 Å². The van der Waals surface area contributed by atoms with Crippen LogP contribution in [0.15, 0.2) is 60.7 Å². The van der Waals surface area contributed by atoms with Crippen LogP contribution in [0.1, 0.15) is 27.5 Å². The number of fused-ring (bicyclic) bond motifs is 1. The van der Waals surface area contributed by atoms with E-state index in [1.54, 1.807) is 18.1 Å². The Bertz CT molecular complexity index is 1310. The molecule has 36 heavy (non-hydrogen) atoms. The molecule has 0 spiro atoms. The highest BCUT2D eigenvalue weighted by Gasteiger charge is 2.34. The molecule has 0 saturated carbocycles. The summed E-state index contributed by atoms with van der Waals surface area (Å²) in [7, 11) is 3.06. The van der Waals surface area contributed by atoms with Crippen LogP contribution >= 0.6 is 0 Å². The molecule has 1 aliphatic heterocycles. The number of hydrogen-bond acceptors (Lipinski definition) is 8. The van der Waals surface area contributed by atoms with E-state index in [0.717, 1.165) is 11.1 Å². The molecule has 186 valence electrons. The van der Waals surface area contributed by atoms with Crippen molar-refractivity contribution in [3.05, 3.63) is 97.6 Å². The van der Waals surface area contributed by atoms with Gasteiger partial charge in [-0.15, -0.1) is 0 Å². The van der Waals surface area contributed by atoms with E-state index in [1.165, 1.54) is 55.6 Å². The van der Waals surface area contributed by atoms with Gasteiger partial charge in [-0.1, -0.05) is 6.07 Å². The molecule has 0 aliphatic carbocycles. The third kappa shape index (κ3) is 4.90. The van der Waals surface area contributed by atoms with Crippen molar-refractivity contribution in [1.82, 2.24) is 4.90 Å². The van der Waals surface area contributed by atoms with Crippen molar-refractivity contribution in [1.29, 1.82) is 0 Å². The summed E-state index contributed by atoms with van der Waals surface area (Å²) in [6.07, 6.45) is 0.532. The van der Waals surface area contributed by atoms with E-state index in [9.17, 15) is 25.0 Å². The molecule has 3 aromatic carbocycles. The molecule has 11 heteroatoms. The molecule has 1 aliphatic rings. The van der Waals surface area contributed by atoms with Gasteiger partial charge in [0.05, 0.1) is 30.1 Å². The lowest BCUT2D eigenvalue weighted by Crippen LogP contribution is -2.42. The Morgan fingerprint density at radius 1 is 0.944 bits per heavy atom. The molecular weight excluding hydrogens is 470 g/mol. The summed E-state index contributed by atoms with van der Waals surface area (Å²) in [5.74, 6) is 1.07. The summed E-state index contributed by atoms with van der Waals surface area (Å²) in [5.41, 5.74) is 1.69. The van der Waals surface area contributed by atoms with Gasteiger partial charge in [0, 0.05) is 36.4 Å². The minimum atomic E-state index is -0.560. The molecule has 1 atom stereocenters. The highest BCUT2D eigenvalue weighted by atomic mass is 16.6. The highest BCUT2D eigenvalue weighted by Crippen LogP contribution is 2.39. The zero-order valence-electron chi connectivity index (χ0n) is 19.6. The Balaban J connectivity index is 1.69. The molecule has 11 nitrogen and oxygen atoms in total. The maximum atomic E-state index is 13.5. The van der Waals surface area contributed by atoms with Crippen molar-refractivity contribution in [2.45, 2.75) is 12.5 Å². The van der Waals surface area contributed by atoms with Gasteiger partial charge >= 0.3 is 0 Å². The minimum Gasteiger partial charge on any atom is -0.493 e. The van der Waals surface area contributed by atoms with Crippen LogP contribution in [0.4, 0.5) is 11.4 Å². The van der Waals surface area contributed by atoms with Gasteiger partial charge in [0.2, 0.25) is 0 Å². The number of carbonyl (C=O) groups is 1. The first-order valence-electron chi connectivity index (χ1n) is 11.0. The van der Waals surface area contributed by atoms with E-state index >= 15 is 0 Å². The van der Waals surface area contributed by atoms with Gasteiger partial charge < -0.3 is 19.1 Å². The van der Waals surface area contributed by atoms with Crippen molar-refractivity contribution < 1.29 is 28.9 Å². The van der Waals surface area contributed by atoms with Crippen molar-refractivity contribution in [3.8, 4) is 17.2 Å². The second-order valence-corrected chi connectivity index (χ2v) is 8.04. The van der Waals surface area contributed by atoms with Gasteiger partial charge in [-0.2, -0.15) is 0 Å². The first-order valence-corrected chi connectivity index (χ1v) is 11.0. The lowest BCUT2D eigenvalue weighted by Gasteiger charge is -2.37. The zero-order valence-corrected chi connectivity index (χ0v) is 19.6. The molecule has 0 aromatic heterocycles. The Morgan fingerprint density at radius 2 is 1.61 bits per heavy atom. The van der Waals surface area contributed by atoms with E-state index in [2.05, 4.69) is 0 Å². The van der Waals surface area contributed by atoms with Crippen LogP contribution < -0.4 is 14.2 Å². The van der Waals surface area contributed by atoms with E-state index in [4.69, 9.17) is 14.2 Å². The topological polar surface area (TPSA) is 134 Å². The van der Waals surface area contributed by atoms with Gasteiger partial charge in [0.25, 0.3) is 17.3 Å². The Kier molecular flexibility index (Phi) is 7.00. The second-order valence-electron chi connectivity index (χ2n) is 8.04. The third-order valence-electron chi connectivity index (χ3n) is 6.02. The van der Waals surface area contributed by atoms with Gasteiger partial charge in [-0.05, 0) is 47.9 Å². The van der Waals surface area contributed by atoms with Crippen LogP contribution in [0, 0.1) is 20.2 Å². The van der Waals surface area contributed by atoms with Crippen LogP contribution in [0.3, 0.4) is 0 Å². The Hall–Kier alpha value is -4.67. The number of non-ortho nitro benzene ring substituents is 2. The zero-order chi connectivity index (χ0) is 25.8. The van der Waals surface area contributed by atoms with Crippen LogP contribution in [0.25, 0.3) is 0 Å². The molecule has 0 radical (unpaired) electrons. The summed E-state index contributed by atoms with van der Waals surface area (Å²) in [6.45, 7) is 0.388. The van der Waals surface area contributed by atoms with E-state index in [-0.39, 0.29) is 29.5 Å². The van der Waals surface area contributed by atoms with Gasteiger partial charge in [0.1, 0.15) is 12.4 Å².